The number of benzene rings is 6. The van der Waals surface area contributed by atoms with E-state index in [9.17, 15) is 0 Å². The molecule has 7 rings (SSSR count). The summed E-state index contributed by atoms with van der Waals surface area (Å²) in [5, 5.41) is 1.11. The van der Waals surface area contributed by atoms with Crippen LogP contribution in [0.25, 0.3) is 44.5 Å². The Kier molecular flexibility index (Phi) is 6.20. The fraction of sp³-hybridized carbons (Fsp3) is 0. The molecule has 0 fully saturated rings. The number of hydrogen-bond donors (Lipinski definition) is 0. The molecule has 0 N–H and O–H groups in total. The average molecular weight is 514 g/mol. The van der Waals surface area contributed by atoms with Crippen LogP contribution in [-0.4, -0.2) is 0 Å². The maximum atomic E-state index is 6.23. The first-order valence-electron chi connectivity index (χ1n) is 13.5. The topological polar surface area (TPSA) is 16.4 Å². The summed E-state index contributed by atoms with van der Waals surface area (Å²) in [7, 11) is 0. The summed E-state index contributed by atoms with van der Waals surface area (Å²) in [4.78, 5) is 2.30. The fourth-order valence-corrected chi connectivity index (χ4v) is 5.31. The molecule has 2 nitrogen and oxygen atoms in total. The lowest BCUT2D eigenvalue weighted by Gasteiger charge is -2.26. The van der Waals surface area contributed by atoms with E-state index >= 15 is 0 Å². The SMILES string of the molecule is c1ccc(-c2ccc(N(c3ccccc3)c3ccc(-c4ccccc4-c4cc5ccccc5o4)cc3)cc2)cc1. The summed E-state index contributed by atoms with van der Waals surface area (Å²) >= 11 is 0. The Morgan fingerprint density at radius 3 is 1.55 bits per heavy atom. The van der Waals surface area contributed by atoms with Crippen LogP contribution in [-0.2, 0) is 0 Å². The molecule has 0 saturated carbocycles. The van der Waals surface area contributed by atoms with E-state index in [0.717, 1.165) is 50.5 Å². The van der Waals surface area contributed by atoms with E-state index in [4.69, 9.17) is 4.42 Å². The van der Waals surface area contributed by atoms with E-state index in [-0.39, 0.29) is 0 Å². The van der Waals surface area contributed by atoms with Gasteiger partial charge < -0.3 is 9.32 Å². The predicted octanol–water partition coefficient (Wildman–Crippen LogP) is 10.9. The Bertz CT molecular complexity index is 1840. The summed E-state index contributed by atoms with van der Waals surface area (Å²) in [6.07, 6.45) is 0. The minimum absolute atomic E-state index is 0.880. The molecule has 2 heteroatoms. The molecule has 1 aromatic heterocycles. The van der Waals surface area contributed by atoms with Gasteiger partial charge in [-0.1, -0.05) is 115 Å². The van der Waals surface area contributed by atoms with Gasteiger partial charge in [0.25, 0.3) is 0 Å². The van der Waals surface area contributed by atoms with Gasteiger partial charge in [-0.15, -0.1) is 0 Å². The van der Waals surface area contributed by atoms with Crippen molar-refractivity contribution in [3.8, 4) is 33.6 Å². The maximum Gasteiger partial charge on any atom is 0.136 e. The molecule has 0 aliphatic rings. The molecule has 0 aliphatic carbocycles. The molecule has 1 heterocycles. The normalized spacial score (nSPS) is 11.0. The molecule has 0 unspecified atom stereocenters. The smallest absolute Gasteiger partial charge is 0.136 e. The largest absolute Gasteiger partial charge is 0.456 e. The molecule has 0 spiro atoms. The predicted molar refractivity (Wildman–Crippen MR) is 167 cm³/mol. The highest BCUT2D eigenvalue weighted by Crippen LogP contribution is 2.39. The summed E-state index contributed by atoms with van der Waals surface area (Å²) in [6.45, 7) is 0. The first kappa shape index (κ1) is 23.8. The van der Waals surface area contributed by atoms with Crippen molar-refractivity contribution >= 4 is 28.0 Å². The number of furan rings is 1. The molecule has 0 radical (unpaired) electrons. The van der Waals surface area contributed by atoms with E-state index in [1.807, 2.05) is 24.3 Å². The second-order valence-corrected chi connectivity index (χ2v) is 9.82. The van der Waals surface area contributed by atoms with Crippen molar-refractivity contribution in [2.75, 3.05) is 4.90 Å². The lowest BCUT2D eigenvalue weighted by Crippen LogP contribution is -2.09. The number of para-hydroxylation sites is 2. The van der Waals surface area contributed by atoms with Crippen molar-refractivity contribution in [3.05, 3.63) is 164 Å². The second kappa shape index (κ2) is 10.4. The van der Waals surface area contributed by atoms with Crippen LogP contribution in [0.5, 0.6) is 0 Å². The van der Waals surface area contributed by atoms with Gasteiger partial charge in [-0.25, -0.2) is 0 Å². The van der Waals surface area contributed by atoms with Crippen LogP contribution in [0, 0.1) is 0 Å². The quantitative estimate of drug-likeness (QED) is 0.220. The van der Waals surface area contributed by atoms with Crippen LogP contribution >= 0.6 is 0 Å². The third kappa shape index (κ3) is 4.57. The van der Waals surface area contributed by atoms with Crippen LogP contribution in [0.3, 0.4) is 0 Å². The summed E-state index contributed by atoms with van der Waals surface area (Å²) in [6, 6.07) is 57.3. The highest BCUT2D eigenvalue weighted by Gasteiger charge is 2.15. The van der Waals surface area contributed by atoms with E-state index in [1.165, 1.54) is 11.1 Å². The van der Waals surface area contributed by atoms with Gasteiger partial charge in [0.1, 0.15) is 11.3 Å². The van der Waals surface area contributed by atoms with E-state index in [2.05, 4.69) is 144 Å². The van der Waals surface area contributed by atoms with Crippen LogP contribution < -0.4 is 4.90 Å². The lowest BCUT2D eigenvalue weighted by molar-refractivity contribution is 0.632. The number of nitrogens with zero attached hydrogens (tertiary/aromatic N) is 1. The van der Waals surface area contributed by atoms with Gasteiger partial charge in [0.2, 0.25) is 0 Å². The Balaban J connectivity index is 1.26. The average Bonchev–Trinajstić information content (AvgIpc) is 3.47. The second-order valence-electron chi connectivity index (χ2n) is 9.82. The molecule has 40 heavy (non-hydrogen) atoms. The van der Waals surface area contributed by atoms with Gasteiger partial charge in [0.15, 0.2) is 0 Å². The standard InChI is InChI=1S/C38H27NO/c1-3-11-28(12-4-1)29-19-23-33(24-20-29)39(32-14-5-2-6-15-32)34-25-21-30(22-26-34)35-16-8-9-17-36(35)38-27-31-13-7-10-18-37(31)40-38/h1-27H. The fourth-order valence-electron chi connectivity index (χ4n) is 5.31. The Morgan fingerprint density at radius 1 is 0.375 bits per heavy atom. The van der Waals surface area contributed by atoms with Crippen LogP contribution in [0.4, 0.5) is 17.1 Å². The zero-order chi connectivity index (χ0) is 26.7. The lowest BCUT2D eigenvalue weighted by atomic mass is 9.97. The molecule has 0 amide bonds. The number of anilines is 3. The van der Waals surface area contributed by atoms with Crippen molar-refractivity contribution in [2.45, 2.75) is 0 Å². The zero-order valence-electron chi connectivity index (χ0n) is 21.9. The molecule has 0 bridgehead atoms. The third-order valence-corrected chi connectivity index (χ3v) is 7.30. The Labute approximate surface area is 234 Å². The van der Waals surface area contributed by atoms with Crippen LogP contribution in [0.1, 0.15) is 0 Å². The van der Waals surface area contributed by atoms with Gasteiger partial charge in [-0.2, -0.15) is 0 Å². The molecular weight excluding hydrogens is 486 g/mol. The van der Waals surface area contributed by atoms with Gasteiger partial charge in [-0.3, -0.25) is 0 Å². The minimum atomic E-state index is 0.880. The third-order valence-electron chi connectivity index (χ3n) is 7.30. The van der Waals surface area contributed by atoms with Crippen molar-refractivity contribution in [2.24, 2.45) is 0 Å². The number of fused-ring (bicyclic) bond motifs is 1. The highest BCUT2D eigenvalue weighted by atomic mass is 16.3. The Hall–Kier alpha value is -5.34. The van der Waals surface area contributed by atoms with Crippen molar-refractivity contribution < 1.29 is 4.42 Å². The van der Waals surface area contributed by atoms with Gasteiger partial charge in [-0.05, 0) is 70.8 Å². The van der Waals surface area contributed by atoms with Gasteiger partial charge in [0, 0.05) is 28.0 Å². The first-order chi connectivity index (χ1) is 19.8. The molecule has 0 aliphatic heterocycles. The number of hydrogen-bond acceptors (Lipinski definition) is 2. The maximum absolute atomic E-state index is 6.23. The summed E-state index contributed by atoms with van der Waals surface area (Å²) in [5.41, 5.74) is 10.0. The molecular formula is C38H27NO. The first-order valence-corrected chi connectivity index (χ1v) is 13.5. The Morgan fingerprint density at radius 2 is 0.875 bits per heavy atom. The van der Waals surface area contributed by atoms with Gasteiger partial charge >= 0.3 is 0 Å². The summed E-state index contributed by atoms with van der Waals surface area (Å²) in [5.74, 6) is 0.880. The highest BCUT2D eigenvalue weighted by molar-refractivity contribution is 5.89. The van der Waals surface area contributed by atoms with Crippen LogP contribution in [0.2, 0.25) is 0 Å². The molecule has 7 aromatic rings. The van der Waals surface area contributed by atoms with E-state index in [0.29, 0.717) is 0 Å². The molecule has 6 aromatic carbocycles. The minimum Gasteiger partial charge on any atom is -0.456 e. The van der Waals surface area contributed by atoms with Crippen molar-refractivity contribution in [3.63, 3.8) is 0 Å². The summed E-state index contributed by atoms with van der Waals surface area (Å²) < 4.78 is 6.23. The zero-order valence-corrected chi connectivity index (χ0v) is 21.9. The molecule has 190 valence electrons. The van der Waals surface area contributed by atoms with E-state index in [1.54, 1.807) is 0 Å². The molecule has 0 atom stereocenters. The van der Waals surface area contributed by atoms with Crippen LogP contribution in [0.15, 0.2) is 168 Å². The number of rotatable bonds is 6. The van der Waals surface area contributed by atoms with Crippen molar-refractivity contribution in [1.82, 2.24) is 0 Å². The van der Waals surface area contributed by atoms with E-state index < -0.39 is 0 Å². The monoisotopic (exact) mass is 513 g/mol. The molecule has 0 saturated heterocycles. The van der Waals surface area contributed by atoms with Crippen molar-refractivity contribution in [1.29, 1.82) is 0 Å². The van der Waals surface area contributed by atoms with Gasteiger partial charge in [0.05, 0.1) is 0 Å².